The SMILES string of the molecule is CN1C(=O)c2cc(C(=O)N3CCN(c4ccccc4)CC3)nn2CC1(C)C(=O)NCc1ccccc1. The van der Waals surface area contributed by atoms with Crippen LogP contribution in [0.5, 0.6) is 0 Å². The number of likely N-dealkylation sites (N-methyl/N-ethyl adjacent to an activating group) is 1. The molecule has 1 aromatic heterocycles. The summed E-state index contributed by atoms with van der Waals surface area (Å²) in [4.78, 5) is 45.0. The number of carbonyl (C=O) groups excluding carboxylic acids is 3. The molecule has 2 aromatic carbocycles. The molecule has 0 saturated carbocycles. The molecule has 9 nitrogen and oxygen atoms in total. The maximum atomic E-state index is 13.2. The zero-order chi connectivity index (χ0) is 25.3. The number of aromatic nitrogens is 2. The van der Waals surface area contributed by atoms with Gasteiger partial charge >= 0.3 is 0 Å². The largest absolute Gasteiger partial charge is 0.368 e. The van der Waals surface area contributed by atoms with Gasteiger partial charge in [-0.3, -0.25) is 19.1 Å². The number of amides is 3. The van der Waals surface area contributed by atoms with Crippen molar-refractivity contribution in [1.29, 1.82) is 0 Å². The number of nitrogens with one attached hydrogen (secondary N) is 1. The van der Waals surface area contributed by atoms with E-state index in [-0.39, 0.29) is 30.0 Å². The van der Waals surface area contributed by atoms with Gasteiger partial charge < -0.3 is 20.0 Å². The Hall–Kier alpha value is -4.14. The minimum Gasteiger partial charge on any atom is -0.368 e. The number of hydrogen-bond acceptors (Lipinski definition) is 5. The van der Waals surface area contributed by atoms with Crippen molar-refractivity contribution in [2.75, 3.05) is 38.1 Å². The van der Waals surface area contributed by atoms with Crippen LogP contribution in [0.4, 0.5) is 5.69 Å². The van der Waals surface area contributed by atoms with Crippen LogP contribution in [0.15, 0.2) is 66.7 Å². The molecule has 0 spiro atoms. The van der Waals surface area contributed by atoms with Crippen molar-refractivity contribution in [3.05, 3.63) is 83.7 Å². The Morgan fingerprint density at radius 3 is 2.28 bits per heavy atom. The molecule has 1 atom stereocenters. The highest BCUT2D eigenvalue weighted by Crippen LogP contribution is 2.27. The first-order valence-corrected chi connectivity index (χ1v) is 12.1. The van der Waals surface area contributed by atoms with Gasteiger partial charge in [0, 0.05) is 51.5 Å². The Morgan fingerprint density at radius 2 is 1.61 bits per heavy atom. The first kappa shape index (κ1) is 23.6. The van der Waals surface area contributed by atoms with Crippen LogP contribution in [0, 0.1) is 0 Å². The highest BCUT2D eigenvalue weighted by molar-refractivity contribution is 6.01. The van der Waals surface area contributed by atoms with Gasteiger partial charge in [-0.1, -0.05) is 48.5 Å². The molecule has 3 aromatic rings. The molecule has 186 valence electrons. The van der Waals surface area contributed by atoms with Crippen molar-refractivity contribution < 1.29 is 14.4 Å². The quantitative estimate of drug-likeness (QED) is 0.596. The third kappa shape index (κ3) is 4.32. The molecule has 0 aliphatic carbocycles. The van der Waals surface area contributed by atoms with Crippen molar-refractivity contribution in [2.45, 2.75) is 25.6 Å². The van der Waals surface area contributed by atoms with Gasteiger partial charge in [-0.05, 0) is 24.6 Å². The maximum Gasteiger partial charge on any atom is 0.274 e. The minimum absolute atomic E-state index is 0.167. The first-order chi connectivity index (χ1) is 17.4. The molecular weight excluding hydrogens is 456 g/mol. The van der Waals surface area contributed by atoms with Crippen LogP contribution in [0.3, 0.4) is 0 Å². The van der Waals surface area contributed by atoms with Crippen molar-refractivity contribution in [3.8, 4) is 0 Å². The molecule has 1 saturated heterocycles. The van der Waals surface area contributed by atoms with Gasteiger partial charge in [0.1, 0.15) is 11.2 Å². The number of para-hydroxylation sites is 1. The molecule has 5 rings (SSSR count). The minimum atomic E-state index is -1.13. The van der Waals surface area contributed by atoms with E-state index >= 15 is 0 Å². The van der Waals surface area contributed by atoms with Crippen LogP contribution in [0.2, 0.25) is 0 Å². The summed E-state index contributed by atoms with van der Waals surface area (Å²) in [6.07, 6.45) is 0. The van der Waals surface area contributed by atoms with E-state index < -0.39 is 5.54 Å². The number of benzene rings is 2. The van der Waals surface area contributed by atoms with E-state index in [1.807, 2.05) is 48.5 Å². The lowest BCUT2D eigenvalue weighted by molar-refractivity contribution is -0.132. The molecule has 9 heteroatoms. The molecule has 3 heterocycles. The van der Waals surface area contributed by atoms with Crippen molar-refractivity contribution >= 4 is 23.4 Å². The lowest BCUT2D eigenvalue weighted by Gasteiger charge is -2.40. The van der Waals surface area contributed by atoms with Gasteiger partial charge in [0.05, 0.1) is 6.54 Å². The van der Waals surface area contributed by atoms with Gasteiger partial charge in [-0.15, -0.1) is 0 Å². The fraction of sp³-hybridized carbons (Fsp3) is 0.333. The Bertz CT molecular complexity index is 1270. The van der Waals surface area contributed by atoms with Crippen LogP contribution in [-0.4, -0.2) is 76.1 Å². The lowest BCUT2D eigenvalue weighted by atomic mass is 9.96. The third-order valence-electron chi connectivity index (χ3n) is 7.19. The third-order valence-corrected chi connectivity index (χ3v) is 7.19. The summed E-state index contributed by atoms with van der Waals surface area (Å²) in [5.41, 5.74) is 1.53. The van der Waals surface area contributed by atoms with Crippen molar-refractivity contribution in [3.63, 3.8) is 0 Å². The topological polar surface area (TPSA) is 90.8 Å². The molecule has 1 unspecified atom stereocenters. The van der Waals surface area contributed by atoms with Crippen LogP contribution >= 0.6 is 0 Å². The first-order valence-electron chi connectivity index (χ1n) is 12.1. The number of piperazine rings is 1. The average molecular weight is 487 g/mol. The fourth-order valence-electron chi connectivity index (χ4n) is 4.77. The maximum absolute atomic E-state index is 13.2. The number of anilines is 1. The second kappa shape index (κ2) is 9.49. The van der Waals surface area contributed by atoms with E-state index in [2.05, 4.69) is 27.4 Å². The number of carbonyl (C=O) groups is 3. The van der Waals surface area contributed by atoms with E-state index in [0.29, 0.717) is 25.3 Å². The normalized spacial score (nSPS) is 19.7. The monoisotopic (exact) mass is 486 g/mol. The zero-order valence-electron chi connectivity index (χ0n) is 20.6. The molecule has 0 radical (unpaired) electrons. The molecule has 2 aliphatic heterocycles. The highest BCUT2D eigenvalue weighted by Gasteiger charge is 2.46. The molecular formula is C27H30N6O3. The van der Waals surface area contributed by atoms with Crippen LogP contribution in [0.25, 0.3) is 0 Å². The van der Waals surface area contributed by atoms with Gasteiger partial charge in [0.15, 0.2) is 5.69 Å². The predicted octanol–water partition coefficient (Wildman–Crippen LogP) is 2.01. The Labute approximate surface area is 210 Å². The Kier molecular flexibility index (Phi) is 6.22. The summed E-state index contributed by atoms with van der Waals surface area (Å²) in [5, 5.41) is 7.40. The van der Waals surface area contributed by atoms with Crippen molar-refractivity contribution in [1.82, 2.24) is 24.9 Å². The molecule has 36 heavy (non-hydrogen) atoms. The number of rotatable bonds is 5. The van der Waals surface area contributed by atoms with E-state index in [1.54, 1.807) is 24.9 Å². The van der Waals surface area contributed by atoms with Gasteiger partial charge in [0.25, 0.3) is 11.8 Å². The lowest BCUT2D eigenvalue weighted by Crippen LogP contribution is -2.62. The summed E-state index contributed by atoms with van der Waals surface area (Å²) in [6, 6.07) is 21.3. The molecule has 2 aliphatic rings. The fourth-order valence-corrected chi connectivity index (χ4v) is 4.77. The summed E-state index contributed by atoms with van der Waals surface area (Å²) < 4.78 is 1.50. The van der Waals surface area contributed by atoms with E-state index in [9.17, 15) is 14.4 Å². The van der Waals surface area contributed by atoms with E-state index in [1.165, 1.54) is 9.58 Å². The summed E-state index contributed by atoms with van der Waals surface area (Å²) in [5.74, 6) is -0.803. The second-order valence-corrected chi connectivity index (χ2v) is 9.49. The van der Waals surface area contributed by atoms with Gasteiger partial charge in [-0.25, -0.2) is 0 Å². The van der Waals surface area contributed by atoms with Crippen LogP contribution in [-0.2, 0) is 17.9 Å². The zero-order valence-corrected chi connectivity index (χ0v) is 20.6. The number of nitrogens with zero attached hydrogens (tertiary/aromatic N) is 5. The van der Waals surface area contributed by atoms with Crippen molar-refractivity contribution in [2.24, 2.45) is 0 Å². The van der Waals surface area contributed by atoms with Gasteiger partial charge in [0.2, 0.25) is 5.91 Å². The molecule has 3 amide bonds. The number of fused-ring (bicyclic) bond motifs is 1. The standard InChI is InChI=1S/C27H30N6O3/c1-27(26(36)28-18-20-9-5-3-6-10-20)19-33-23(25(35)30(27)2)17-22(29-33)24(34)32-15-13-31(14-16-32)21-11-7-4-8-12-21/h3-12,17H,13-16,18-19H2,1-2H3,(H,28,36). The smallest absolute Gasteiger partial charge is 0.274 e. The van der Waals surface area contributed by atoms with E-state index in [4.69, 9.17) is 0 Å². The Morgan fingerprint density at radius 1 is 0.972 bits per heavy atom. The highest BCUT2D eigenvalue weighted by atomic mass is 16.2. The van der Waals surface area contributed by atoms with E-state index in [0.717, 1.165) is 24.3 Å². The Balaban J connectivity index is 1.27. The summed E-state index contributed by atoms with van der Waals surface area (Å²) in [6.45, 7) is 4.85. The van der Waals surface area contributed by atoms with Crippen LogP contribution < -0.4 is 10.2 Å². The second-order valence-electron chi connectivity index (χ2n) is 9.49. The molecule has 1 N–H and O–H groups in total. The molecule has 0 bridgehead atoms. The summed E-state index contributed by atoms with van der Waals surface area (Å²) >= 11 is 0. The predicted molar refractivity (Wildman–Crippen MR) is 136 cm³/mol. The summed E-state index contributed by atoms with van der Waals surface area (Å²) in [7, 11) is 1.62. The average Bonchev–Trinajstić information content (AvgIpc) is 3.35. The van der Waals surface area contributed by atoms with Crippen LogP contribution in [0.1, 0.15) is 33.5 Å². The number of hydrogen-bond donors (Lipinski definition) is 1. The molecule has 1 fully saturated rings. The van der Waals surface area contributed by atoms with Gasteiger partial charge in [-0.2, -0.15) is 5.10 Å².